The first-order valence-corrected chi connectivity index (χ1v) is 4.64. The molecule has 0 aromatic carbocycles. The van der Waals surface area contributed by atoms with Crippen LogP contribution < -0.4 is 0 Å². The number of nitriles is 1. The summed E-state index contributed by atoms with van der Waals surface area (Å²) in [6, 6.07) is 5.68. The minimum Gasteiger partial charge on any atom is -0.318 e. The van der Waals surface area contributed by atoms with Gasteiger partial charge in [0.2, 0.25) is 0 Å². The molecule has 74 valence electrons. The topological polar surface area (TPSA) is 54.5 Å². The van der Waals surface area contributed by atoms with Crippen LogP contribution in [0.15, 0.2) is 24.5 Å². The molecule has 15 heavy (non-hydrogen) atoms. The maximum Gasteiger partial charge on any atom is 0.166 e. The van der Waals surface area contributed by atoms with E-state index in [2.05, 4.69) is 9.97 Å². The Kier molecular flexibility index (Phi) is 2.40. The molecule has 2 heterocycles. The van der Waals surface area contributed by atoms with Gasteiger partial charge in [0.1, 0.15) is 11.9 Å². The number of imidazole rings is 1. The lowest BCUT2D eigenvalue weighted by atomic mass is 10.3. The van der Waals surface area contributed by atoms with Crippen LogP contribution in [0.3, 0.4) is 0 Å². The third-order valence-corrected chi connectivity index (χ3v) is 2.34. The monoisotopic (exact) mass is 218 g/mol. The van der Waals surface area contributed by atoms with E-state index in [0.29, 0.717) is 11.5 Å². The molecule has 5 heteroatoms. The van der Waals surface area contributed by atoms with Gasteiger partial charge in [-0.15, -0.1) is 0 Å². The fourth-order valence-corrected chi connectivity index (χ4v) is 1.59. The zero-order valence-electron chi connectivity index (χ0n) is 7.98. The van der Waals surface area contributed by atoms with E-state index in [-0.39, 0.29) is 5.15 Å². The third kappa shape index (κ3) is 1.58. The van der Waals surface area contributed by atoms with Gasteiger partial charge in [0.15, 0.2) is 10.8 Å². The summed E-state index contributed by atoms with van der Waals surface area (Å²) in [5, 5.41) is 9.07. The van der Waals surface area contributed by atoms with Crippen molar-refractivity contribution in [3.05, 3.63) is 35.4 Å². The molecule has 4 nitrogen and oxygen atoms in total. The predicted octanol–water partition coefficient (Wildman–Crippen LogP) is 2.01. The second-order valence-corrected chi connectivity index (χ2v) is 3.35. The van der Waals surface area contributed by atoms with Gasteiger partial charge in [0.05, 0.1) is 0 Å². The van der Waals surface area contributed by atoms with Gasteiger partial charge in [-0.2, -0.15) is 5.26 Å². The van der Waals surface area contributed by atoms with Crippen LogP contribution in [-0.2, 0) is 7.05 Å². The van der Waals surface area contributed by atoms with Crippen LogP contribution in [0.2, 0.25) is 5.15 Å². The van der Waals surface area contributed by atoms with Crippen molar-refractivity contribution in [2.24, 2.45) is 7.05 Å². The summed E-state index contributed by atoms with van der Waals surface area (Å²) in [5.41, 5.74) is 1.19. The molecular weight excluding hydrogens is 212 g/mol. The van der Waals surface area contributed by atoms with E-state index in [0.717, 1.165) is 5.56 Å². The molecular formula is C10H7ClN4. The van der Waals surface area contributed by atoms with Gasteiger partial charge in [-0.1, -0.05) is 11.6 Å². The van der Waals surface area contributed by atoms with Crippen molar-refractivity contribution in [3.8, 4) is 17.5 Å². The Morgan fingerprint density at radius 2 is 2.33 bits per heavy atom. The summed E-state index contributed by atoms with van der Waals surface area (Å²) in [4.78, 5) is 8.10. The summed E-state index contributed by atoms with van der Waals surface area (Å²) in [7, 11) is 1.75. The quantitative estimate of drug-likeness (QED) is 0.736. The van der Waals surface area contributed by atoms with Crippen LogP contribution in [0.1, 0.15) is 5.69 Å². The van der Waals surface area contributed by atoms with E-state index in [1.54, 1.807) is 24.0 Å². The zero-order valence-corrected chi connectivity index (χ0v) is 8.73. The van der Waals surface area contributed by atoms with Crippen LogP contribution >= 0.6 is 11.6 Å². The van der Waals surface area contributed by atoms with Gasteiger partial charge in [-0.3, -0.25) is 4.98 Å². The lowest BCUT2D eigenvalue weighted by Crippen LogP contribution is -1.95. The molecule has 0 N–H and O–H groups in total. The normalized spacial score (nSPS) is 9.93. The average molecular weight is 219 g/mol. The maximum absolute atomic E-state index is 8.85. The molecule has 0 radical (unpaired) electrons. The van der Waals surface area contributed by atoms with Crippen molar-refractivity contribution in [1.82, 2.24) is 14.5 Å². The largest absolute Gasteiger partial charge is 0.318 e. The highest BCUT2D eigenvalue weighted by Crippen LogP contribution is 2.22. The number of hydrogen-bond acceptors (Lipinski definition) is 3. The smallest absolute Gasteiger partial charge is 0.166 e. The molecule has 0 fully saturated rings. The molecule has 0 saturated carbocycles. The highest BCUT2D eigenvalue weighted by Gasteiger charge is 2.13. The second kappa shape index (κ2) is 3.71. The van der Waals surface area contributed by atoms with E-state index in [4.69, 9.17) is 16.9 Å². The Morgan fingerprint density at radius 1 is 1.53 bits per heavy atom. The van der Waals surface area contributed by atoms with Gasteiger partial charge in [0, 0.05) is 25.0 Å². The molecule has 0 unspecified atom stereocenters. The molecule has 0 aliphatic heterocycles. The van der Waals surface area contributed by atoms with Gasteiger partial charge < -0.3 is 4.57 Å². The first kappa shape index (κ1) is 9.69. The number of hydrogen-bond donors (Lipinski definition) is 0. The summed E-state index contributed by atoms with van der Waals surface area (Å²) in [6.45, 7) is 0. The average Bonchev–Trinajstić information content (AvgIpc) is 2.55. The third-order valence-electron chi connectivity index (χ3n) is 2.08. The molecule has 2 rings (SSSR count). The molecule has 0 atom stereocenters. The minimum atomic E-state index is 0.221. The highest BCUT2D eigenvalue weighted by atomic mass is 35.5. The van der Waals surface area contributed by atoms with Crippen molar-refractivity contribution in [3.63, 3.8) is 0 Å². The van der Waals surface area contributed by atoms with E-state index >= 15 is 0 Å². The van der Waals surface area contributed by atoms with Gasteiger partial charge in [0.25, 0.3) is 0 Å². The van der Waals surface area contributed by atoms with Crippen LogP contribution in [0.5, 0.6) is 0 Å². The standard InChI is InChI=1S/C10H7ClN4/c1-15-8(5-12)9(11)14-10(15)7-3-2-4-13-6-7/h2-4,6H,1H3. The Morgan fingerprint density at radius 3 is 2.87 bits per heavy atom. The fourth-order valence-electron chi connectivity index (χ4n) is 1.34. The Labute approximate surface area is 91.8 Å². The first-order valence-electron chi connectivity index (χ1n) is 4.26. The van der Waals surface area contributed by atoms with Crippen LogP contribution in [-0.4, -0.2) is 14.5 Å². The van der Waals surface area contributed by atoms with E-state index in [1.807, 2.05) is 18.2 Å². The number of aromatic nitrogens is 3. The summed E-state index contributed by atoms with van der Waals surface area (Å²) in [6.07, 6.45) is 3.36. The van der Waals surface area contributed by atoms with Crippen molar-refractivity contribution in [2.45, 2.75) is 0 Å². The van der Waals surface area contributed by atoms with Crippen molar-refractivity contribution in [1.29, 1.82) is 5.26 Å². The predicted molar refractivity (Wildman–Crippen MR) is 56.2 cm³/mol. The molecule has 0 aliphatic carbocycles. The molecule has 0 saturated heterocycles. The van der Waals surface area contributed by atoms with Gasteiger partial charge >= 0.3 is 0 Å². The van der Waals surface area contributed by atoms with E-state index in [1.165, 1.54) is 0 Å². The number of halogens is 1. The number of pyridine rings is 1. The van der Waals surface area contributed by atoms with Crippen molar-refractivity contribution >= 4 is 11.6 Å². The molecule has 0 bridgehead atoms. The summed E-state index contributed by atoms with van der Waals surface area (Å²) >= 11 is 5.83. The SMILES string of the molecule is Cn1c(-c2cccnc2)nc(Cl)c1C#N. The highest BCUT2D eigenvalue weighted by molar-refractivity contribution is 6.30. The Balaban J connectivity index is 2.62. The lowest BCUT2D eigenvalue weighted by Gasteiger charge is -2.00. The number of rotatable bonds is 1. The van der Waals surface area contributed by atoms with Crippen molar-refractivity contribution in [2.75, 3.05) is 0 Å². The fraction of sp³-hybridized carbons (Fsp3) is 0.100. The van der Waals surface area contributed by atoms with Crippen LogP contribution in [0, 0.1) is 11.3 Å². The summed E-state index contributed by atoms with van der Waals surface area (Å²) < 4.78 is 1.65. The lowest BCUT2D eigenvalue weighted by molar-refractivity contribution is 0.906. The van der Waals surface area contributed by atoms with Crippen molar-refractivity contribution < 1.29 is 0 Å². The Hall–Kier alpha value is -1.86. The second-order valence-electron chi connectivity index (χ2n) is 2.99. The van der Waals surface area contributed by atoms with E-state index < -0.39 is 0 Å². The first-order chi connectivity index (χ1) is 7.24. The minimum absolute atomic E-state index is 0.221. The maximum atomic E-state index is 8.85. The summed E-state index contributed by atoms with van der Waals surface area (Å²) in [5.74, 6) is 0.643. The van der Waals surface area contributed by atoms with Crippen LogP contribution in [0.25, 0.3) is 11.4 Å². The van der Waals surface area contributed by atoms with Gasteiger partial charge in [-0.05, 0) is 12.1 Å². The molecule has 0 amide bonds. The van der Waals surface area contributed by atoms with E-state index in [9.17, 15) is 0 Å². The van der Waals surface area contributed by atoms with Gasteiger partial charge in [-0.25, -0.2) is 4.98 Å². The zero-order chi connectivity index (χ0) is 10.8. The Bertz CT molecular complexity index is 524. The molecule has 2 aromatic rings. The van der Waals surface area contributed by atoms with Crippen LogP contribution in [0.4, 0.5) is 0 Å². The molecule has 0 spiro atoms. The molecule has 2 aromatic heterocycles. The number of nitrogens with zero attached hydrogens (tertiary/aromatic N) is 4. The molecule has 0 aliphatic rings.